The van der Waals surface area contributed by atoms with Crippen molar-refractivity contribution in [2.24, 2.45) is 0 Å². The standard InChI is InChI=1S/C42H33N3/c1-27-42(3)41(2,22-21-28-13-4-5-14-29(28)36-18-8-10-23-43(27)36)35-26-39-33(25-34(35)37-19-9-11-24-44(37)42)32-17-12-16-31-30-15-6-7-20-38(30)45(39)40(31)32/h4-20,23-26H,1,21-22H2,2-3H3/q+2. The molecule has 2 atom stereocenters. The molecule has 3 nitrogen and oxygen atoms in total. The topological polar surface area (TPSA) is 12.2 Å². The van der Waals surface area contributed by atoms with E-state index in [-0.39, 0.29) is 5.41 Å². The minimum absolute atomic E-state index is 0.276. The first kappa shape index (κ1) is 25.1. The largest absolute Gasteiger partial charge is 0.308 e. The quantitative estimate of drug-likeness (QED) is 0.159. The molecule has 3 heteroatoms. The average molecular weight is 580 g/mol. The van der Waals surface area contributed by atoms with E-state index in [4.69, 9.17) is 6.58 Å². The van der Waals surface area contributed by atoms with Gasteiger partial charge in [0.15, 0.2) is 12.4 Å². The monoisotopic (exact) mass is 579 g/mol. The molecule has 8 aromatic rings. The summed E-state index contributed by atoms with van der Waals surface area (Å²) in [5.74, 6) is 0. The lowest BCUT2D eigenvalue weighted by atomic mass is 9.59. The SMILES string of the molecule is C=C1[n+]2ccccc2-c2ccccc2CCC2(C)c3cc4c(cc3-c3cccc[n+]3C12C)c1cccc2c3ccccc3n4c21. The van der Waals surface area contributed by atoms with Gasteiger partial charge in [-0.25, -0.2) is 0 Å². The first-order chi connectivity index (χ1) is 22.0. The third-order valence-corrected chi connectivity index (χ3v) is 11.5. The maximum atomic E-state index is 4.95. The predicted molar refractivity (Wildman–Crippen MR) is 183 cm³/mol. The molecule has 0 saturated heterocycles. The molecule has 0 bridgehead atoms. The molecule has 0 N–H and O–H groups in total. The number of hydrogen-bond donors (Lipinski definition) is 0. The zero-order chi connectivity index (χ0) is 30.1. The van der Waals surface area contributed by atoms with Gasteiger partial charge in [0.2, 0.25) is 11.4 Å². The fourth-order valence-electron chi connectivity index (χ4n) is 9.07. The summed E-state index contributed by atoms with van der Waals surface area (Å²) in [5, 5.41) is 5.27. The minimum Gasteiger partial charge on any atom is -0.308 e. The van der Waals surface area contributed by atoms with Crippen LogP contribution in [0, 0.1) is 0 Å². The van der Waals surface area contributed by atoms with E-state index < -0.39 is 5.54 Å². The highest BCUT2D eigenvalue weighted by Gasteiger charge is 2.64. The normalized spacial score (nSPS) is 20.7. The summed E-state index contributed by atoms with van der Waals surface area (Å²) < 4.78 is 7.39. The van der Waals surface area contributed by atoms with E-state index in [1.165, 1.54) is 71.7 Å². The molecule has 0 amide bonds. The van der Waals surface area contributed by atoms with Gasteiger partial charge >= 0.3 is 0 Å². The molecule has 4 aromatic heterocycles. The van der Waals surface area contributed by atoms with Crippen LogP contribution in [0.5, 0.6) is 0 Å². The van der Waals surface area contributed by atoms with E-state index in [0.29, 0.717) is 0 Å². The van der Waals surface area contributed by atoms with Crippen molar-refractivity contribution in [3.63, 3.8) is 0 Å². The number of pyridine rings is 2. The predicted octanol–water partition coefficient (Wildman–Crippen LogP) is 8.85. The molecule has 45 heavy (non-hydrogen) atoms. The van der Waals surface area contributed by atoms with Crippen molar-refractivity contribution < 1.29 is 9.13 Å². The molecular formula is C42H33N3+2. The maximum Gasteiger partial charge on any atom is 0.257 e. The lowest BCUT2D eigenvalue weighted by molar-refractivity contribution is -0.769. The number of rotatable bonds is 0. The molecule has 0 spiro atoms. The van der Waals surface area contributed by atoms with E-state index in [1.807, 2.05) is 0 Å². The van der Waals surface area contributed by atoms with Gasteiger partial charge in [-0.05, 0) is 73.9 Å². The summed E-state index contributed by atoms with van der Waals surface area (Å²) in [4.78, 5) is 0. The van der Waals surface area contributed by atoms with Crippen LogP contribution >= 0.6 is 0 Å². The van der Waals surface area contributed by atoms with Crippen molar-refractivity contribution >= 4 is 43.8 Å². The Morgan fingerprint density at radius 2 is 1.36 bits per heavy atom. The molecule has 2 aliphatic rings. The van der Waals surface area contributed by atoms with Crippen LogP contribution < -0.4 is 9.13 Å². The van der Waals surface area contributed by atoms with Crippen LogP contribution in [0.25, 0.3) is 66.3 Å². The van der Waals surface area contributed by atoms with Crippen molar-refractivity contribution in [3.05, 3.63) is 145 Å². The first-order valence-corrected chi connectivity index (χ1v) is 16.0. The van der Waals surface area contributed by atoms with Crippen LogP contribution in [-0.2, 0) is 17.4 Å². The summed E-state index contributed by atoms with van der Waals surface area (Å²) in [5.41, 5.74) is 12.0. The van der Waals surface area contributed by atoms with Crippen LogP contribution in [0.4, 0.5) is 0 Å². The molecule has 0 fully saturated rings. The fourth-order valence-corrected chi connectivity index (χ4v) is 9.07. The minimum atomic E-state index is -0.451. The highest BCUT2D eigenvalue weighted by Crippen LogP contribution is 2.54. The molecule has 6 heterocycles. The number of aryl methyl sites for hydroxylation is 1. The van der Waals surface area contributed by atoms with Crippen LogP contribution in [0.3, 0.4) is 0 Å². The third-order valence-electron chi connectivity index (χ3n) is 11.5. The second kappa shape index (κ2) is 8.46. The summed E-state index contributed by atoms with van der Waals surface area (Å²) in [7, 11) is 0. The van der Waals surface area contributed by atoms with Gasteiger partial charge in [-0.2, -0.15) is 9.13 Å². The van der Waals surface area contributed by atoms with Crippen molar-refractivity contribution in [1.29, 1.82) is 0 Å². The molecule has 0 aliphatic carbocycles. The zero-order valence-electron chi connectivity index (χ0n) is 25.6. The Bertz CT molecular complexity index is 2550. The third kappa shape index (κ3) is 2.92. The highest BCUT2D eigenvalue weighted by atomic mass is 15.2. The molecule has 214 valence electrons. The van der Waals surface area contributed by atoms with E-state index in [2.05, 4.69) is 155 Å². The van der Waals surface area contributed by atoms with Gasteiger partial charge in [-0.3, -0.25) is 0 Å². The van der Waals surface area contributed by atoms with Gasteiger partial charge in [0.25, 0.3) is 11.2 Å². The van der Waals surface area contributed by atoms with Crippen molar-refractivity contribution in [1.82, 2.24) is 4.40 Å². The highest BCUT2D eigenvalue weighted by molar-refractivity contribution is 6.23. The number of hydrogen-bond acceptors (Lipinski definition) is 0. The lowest BCUT2D eigenvalue weighted by Crippen LogP contribution is -2.71. The molecule has 2 aliphatic heterocycles. The van der Waals surface area contributed by atoms with Crippen LogP contribution in [0.15, 0.2) is 134 Å². The lowest BCUT2D eigenvalue weighted by Gasteiger charge is -2.45. The zero-order valence-corrected chi connectivity index (χ0v) is 25.6. The second-order valence-corrected chi connectivity index (χ2v) is 13.4. The molecule has 2 unspecified atom stereocenters. The Kier molecular flexibility index (Phi) is 4.71. The summed E-state index contributed by atoms with van der Waals surface area (Å²) in [6, 6.07) is 42.8. The molecule has 0 radical (unpaired) electrons. The molecule has 10 rings (SSSR count). The first-order valence-electron chi connectivity index (χ1n) is 16.0. The van der Waals surface area contributed by atoms with Crippen molar-refractivity contribution in [3.8, 4) is 22.5 Å². The number of fused-ring (bicyclic) bond motifs is 15. The van der Waals surface area contributed by atoms with E-state index in [1.54, 1.807) is 0 Å². The van der Waals surface area contributed by atoms with Gasteiger partial charge in [0.1, 0.15) is 0 Å². The number of aromatic nitrogens is 3. The maximum absolute atomic E-state index is 4.95. The van der Waals surface area contributed by atoms with Crippen LogP contribution in [-0.4, -0.2) is 4.40 Å². The average Bonchev–Trinajstić information content (AvgIpc) is 3.61. The van der Waals surface area contributed by atoms with E-state index in [9.17, 15) is 0 Å². The Hall–Kier alpha value is -5.28. The molecule has 0 saturated carbocycles. The Labute approximate surface area is 262 Å². The Morgan fingerprint density at radius 3 is 2.24 bits per heavy atom. The van der Waals surface area contributed by atoms with Crippen LogP contribution in [0.2, 0.25) is 0 Å². The Balaban J connectivity index is 1.36. The van der Waals surface area contributed by atoms with E-state index >= 15 is 0 Å². The van der Waals surface area contributed by atoms with Gasteiger partial charge in [0.05, 0.1) is 27.5 Å². The van der Waals surface area contributed by atoms with Crippen molar-refractivity contribution in [2.45, 2.75) is 37.6 Å². The van der Waals surface area contributed by atoms with E-state index in [0.717, 1.165) is 18.5 Å². The summed E-state index contributed by atoms with van der Waals surface area (Å²) in [6.45, 7) is 9.87. The fraction of sp³-hybridized carbons (Fsp3) is 0.143. The van der Waals surface area contributed by atoms with Crippen molar-refractivity contribution in [2.75, 3.05) is 0 Å². The van der Waals surface area contributed by atoms with Gasteiger partial charge < -0.3 is 4.40 Å². The second-order valence-electron chi connectivity index (χ2n) is 13.4. The summed E-state index contributed by atoms with van der Waals surface area (Å²) >= 11 is 0. The number of para-hydroxylation sites is 2. The molecule has 4 aromatic carbocycles. The van der Waals surface area contributed by atoms with Gasteiger partial charge in [0, 0.05) is 58.3 Å². The Morgan fingerprint density at radius 1 is 0.644 bits per heavy atom. The smallest absolute Gasteiger partial charge is 0.257 e. The molecular weight excluding hydrogens is 546 g/mol. The van der Waals surface area contributed by atoms with Gasteiger partial charge in [-0.15, -0.1) is 0 Å². The number of benzene rings is 4. The number of allylic oxidation sites excluding steroid dienone is 1. The van der Waals surface area contributed by atoms with Gasteiger partial charge in [-0.1, -0.05) is 54.6 Å². The number of nitrogens with zero attached hydrogens (tertiary/aromatic N) is 3. The van der Waals surface area contributed by atoms with Crippen LogP contribution in [0.1, 0.15) is 31.4 Å². The summed E-state index contributed by atoms with van der Waals surface area (Å²) in [6.07, 6.45) is 6.43.